The van der Waals surface area contributed by atoms with Crippen molar-refractivity contribution in [1.82, 2.24) is 0 Å². The summed E-state index contributed by atoms with van der Waals surface area (Å²) in [7, 11) is 0.873. The molecule has 1 nitrogen and oxygen atoms in total. The van der Waals surface area contributed by atoms with E-state index in [1.807, 2.05) is 13.8 Å². The molecule has 0 atom stereocenters. The third kappa shape index (κ3) is 26.0. The van der Waals surface area contributed by atoms with Crippen molar-refractivity contribution in [2.75, 3.05) is 0 Å². The maximum Gasteiger partial charge on any atom is 2.00 e. The van der Waals surface area contributed by atoms with E-state index in [0.29, 0.717) is 6.10 Å². The third-order valence-corrected chi connectivity index (χ3v) is 1.41. The normalized spacial score (nSPS) is 6.38. The Bertz CT molecular complexity index is 31.2. The summed E-state index contributed by atoms with van der Waals surface area (Å²) in [4.78, 5) is 0. The summed E-state index contributed by atoms with van der Waals surface area (Å²) < 4.78 is 4.89. The monoisotopic (exact) mass is 208 g/mol. The standard InChI is InChI=1S/C3H10OSi.2ClH.Ti/c1-3(2)4-5;;;/h3H,1-2,5H3;2*1H;/q;;;+2/p-2. The number of halogens is 2. The Hall–Kier alpha value is 1.47. The van der Waals surface area contributed by atoms with Gasteiger partial charge in [-0.2, -0.15) is 0 Å². The van der Waals surface area contributed by atoms with Gasteiger partial charge in [0, 0.05) is 6.10 Å². The average Bonchev–Trinajstić information content (AvgIpc) is 1.38. The molecular weight excluding hydrogens is 199 g/mol. The third-order valence-electron chi connectivity index (χ3n) is 0.471. The van der Waals surface area contributed by atoms with E-state index < -0.39 is 0 Å². The summed E-state index contributed by atoms with van der Waals surface area (Å²) in [5.41, 5.74) is 0. The number of rotatable bonds is 1. The predicted octanol–water partition coefficient (Wildman–Crippen LogP) is -6.30. The van der Waals surface area contributed by atoms with Crippen LogP contribution >= 0.6 is 0 Å². The molecule has 0 aliphatic carbocycles. The fraction of sp³-hybridized carbons (Fsp3) is 1.00. The van der Waals surface area contributed by atoms with E-state index in [2.05, 4.69) is 0 Å². The Labute approximate surface area is 81.2 Å². The predicted molar refractivity (Wildman–Crippen MR) is 26.2 cm³/mol. The van der Waals surface area contributed by atoms with Crippen LogP contribution in [0.25, 0.3) is 0 Å². The van der Waals surface area contributed by atoms with Crippen LogP contribution in [0, 0.1) is 0 Å². The maximum absolute atomic E-state index is 4.89. The minimum Gasteiger partial charge on any atom is -1.00 e. The summed E-state index contributed by atoms with van der Waals surface area (Å²) in [6.07, 6.45) is 0.446. The Morgan fingerprint density at radius 3 is 1.38 bits per heavy atom. The van der Waals surface area contributed by atoms with Crippen LogP contribution in [0.1, 0.15) is 13.8 Å². The quantitative estimate of drug-likeness (QED) is 0.390. The van der Waals surface area contributed by atoms with Crippen molar-refractivity contribution in [3.05, 3.63) is 0 Å². The zero-order chi connectivity index (χ0) is 4.28. The summed E-state index contributed by atoms with van der Waals surface area (Å²) >= 11 is 0. The van der Waals surface area contributed by atoms with Gasteiger partial charge in [-0.1, -0.05) is 0 Å². The average molecular weight is 209 g/mol. The van der Waals surface area contributed by atoms with E-state index in [0.717, 1.165) is 10.5 Å². The van der Waals surface area contributed by atoms with Crippen molar-refractivity contribution in [1.29, 1.82) is 0 Å². The van der Waals surface area contributed by atoms with Crippen molar-refractivity contribution in [2.24, 2.45) is 0 Å². The summed E-state index contributed by atoms with van der Waals surface area (Å²) in [5, 5.41) is 0. The Morgan fingerprint density at radius 1 is 1.25 bits per heavy atom. The van der Waals surface area contributed by atoms with Crippen LogP contribution in [-0.4, -0.2) is 16.6 Å². The van der Waals surface area contributed by atoms with Gasteiger partial charge in [-0.15, -0.1) is 0 Å². The first-order valence-electron chi connectivity index (χ1n) is 1.80. The second-order valence-electron chi connectivity index (χ2n) is 1.28. The fourth-order valence-corrected chi connectivity index (χ4v) is 0. The van der Waals surface area contributed by atoms with Crippen LogP contribution in [0.15, 0.2) is 0 Å². The molecule has 0 rings (SSSR count). The van der Waals surface area contributed by atoms with E-state index in [-0.39, 0.29) is 46.5 Å². The summed E-state index contributed by atoms with van der Waals surface area (Å²) in [6.45, 7) is 4.07. The van der Waals surface area contributed by atoms with Gasteiger partial charge in [0.2, 0.25) is 0 Å². The van der Waals surface area contributed by atoms with E-state index in [4.69, 9.17) is 4.43 Å². The van der Waals surface area contributed by atoms with Crippen LogP contribution in [0.3, 0.4) is 0 Å². The first-order valence-corrected chi connectivity index (χ1v) is 2.62. The molecule has 0 saturated heterocycles. The molecule has 0 N–H and O–H groups in total. The van der Waals surface area contributed by atoms with Crippen LogP contribution < -0.4 is 24.8 Å². The zero-order valence-corrected chi connectivity index (χ0v) is 10.3. The minimum absolute atomic E-state index is 0. The first kappa shape index (κ1) is 22.7. The van der Waals surface area contributed by atoms with Crippen molar-refractivity contribution in [3.8, 4) is 0 Å². The van der Waals surface area contributed by atoms with Gasteiger partial charge in [-0.3, -0.25) is 0 Å². The molecule has 8 heavy (non-hydrogen) atoms. The van der Waals surface area contributed by atoms with Crippen LogP contribution in [0.5, 0.6) is 0 Å². The maximum atomic E-state index is 4.89. The molecule has 5 heteroatoms. The molecule has 0 bridgehead atoms. The van der Waals surface area contributed by atoms with Gasteiger partial charge in [-0.25, -0.2) is 0 Å². The van der Waals surface area contributed by atoms with E-state index in [9.17, 15) is 0 Å². The molecule has 0 aliphatic heterocycles. The Balaban J connectivity index is -0.0000000267. The van der Waals surface area contributed by atoms with Gasteiger partial charge in [0.25, 0.3) is 0 Å². The van der Waals surface area contributed by atoms with E-state index >= 15 is 0 Å². The first-order chi connectivity index (χ1) is 2.27. The molecule has 0 amide bonds. The molecule has 0 radical (unpaired) electrons. The van der Waals surface area contributed by atoms with Crippen molar-refractivity contribution in [3.63, 3.8) is 0 Å². The van der Waals surface area contributed by atoms with Crippen LogP contribution in [0.2, 0.25) is 0 Å². The molecule has 0 aromatic heterocycles. The fourth-order valence-electron chi connectivity index (χ4n) is 0. The van der Waals surface area contributed by atoms with E-state index in [1.165, 1.54) is 0 Å². The van der Waals surface area contributed by atoms with Crippen LogP contribution in [-0.2, 0) is 26.1 Å². The second-order valence-corrected chi connectivity index (χ2v) is 1.76. The summed E-state index contributed by atoms with van der Waals surface area (Å²) in [6, 6.07) is 0. The molecule has 50 valence electrons. The molecule has 0 heterocycles. The summed E-state index contributed by atoms with van der Waals surface area (Å²) in [5.74, 6) is 0. The van der Waals surface area contributed by atoms with Gasteiger partial charge in [0.1, 0.15) is 10.5 Å². The molecule has 0 aromatic rings. The van der Waals surface area contributed by atoms with Crippen molar-refractivity contribution < 1.29 is 51.0 Å². The smallest absolute Gasteiger partial charge is 1.00 e. The molecule has 0 saturated carbocycles. The van der Waals surface area contributed by atoms with Crippen molar-refractivity contribution in [2.45, 2.75) is 20.0 Å². The zero-order valence-electron chi connectivity index (χ0n) is 5.24. The minimum atomic E-state index is 0. The molecule has 0 fully saturated rings. The van der Waals surface area contributed by atoms with Gasteiger partial charge in [-0.05, 0) is 13.8 Å². The molecular formula is C3H10Cl2OSiTi. The van der Waals surface area contributed by atoms with Crippen LogP contribution in [0.4, 0.5) is 0 Å². The number of hydrogen-bond acceptors (Lipinski definition) is 1. The number of hydrogen-bond donors (Lipinski definition) is 0. The Kier molecular flexibility index (Phi) is 44.8. The molecule has 0 unspecified atom stereocenters. The van der Waals surface area contributed by atoms with Crippen molar-refractivity contribution >= 4 is 10.5 Å². The van der Waals surface area contributed by atoms with Gasteiger partial charge in [0.05, 0.1) is 0 Å². The molecule has 0 aromatic carbocycles. The largest absolute Gasteiger partial charge is 2.00 e. The Morgan fingerprint density at radius 2 is 1.38 bits per heavy atom. The molecule has 0 spiro atoms. The van der Waals surface area contributed by atoms with Gasteiger partial charge in [0.15, 0.2) is 0 Å². The van der Waals surface area contributed by atoms with E-state index in [1.54, 1.807) is 0 Å². The van der Waals surface area contributed by atoms with Gasteiger partial charge >= 0.3 is 21.7 Å². The molecule has 0 aliphatic rings. The second kappa shape index (κ2) is 15.8. The SMILES string of the molecule is CC(C)O[SiH3].[Cl-].[Cl-].[Ti+2]. The topological polar surface area (TPSA) is 9.23 Å². The van der Waals surface area contributed by atoms with Gasteiger partial charge < -0.3 is 29.2 Å².